The lowest BCUT2D eigenvalue weighted by molar-refractivity contribution is -0.385. The van der Waals surface area contributed by atoms with Gasteiger partial charge in [-0.15, -0.1) is 0 Å². The summed E-state index contributed by atoms with van der Waals surface area (Å²) in [5.41, 5.74) is -0.632. The van der Waals surface area contributed by atoms with E-state index in [1.165, 1.54) is 20.3 Å². The van der Waals surface area contributed by atoms with Crippen LogP contribution in [0.4, 0.5) is 10.1 Å². The summed E-state index contributed by atoms with van der Waals surface area (Å²) in [5, 5.41) is 13.4. The van der Waals surface area contributed by atoms with E-state index < -0.39 is 22.7 Å². The predicted octanol–water partition coefficient (Wildman–Crippen LogP) is 2.48. The maximum absolute atomic E-state index is 13.4. The van der Waals surface area contributed by atoms with Crippen LogP contribution in [0.5, 0.6) is 11.5 Å². The van der Waals surface area contributed by atoms with Gasteiger partial charge in [-0.3, -0.25) is 14.9 Å². The normalized spacial score (nSPS) is 11.6. The van der Waals surface area contributed by atoms with Gasteiger partial charge < -0.3 is 14.8 Å². The first-order chi connectivity index (χ1) is 10.4. The van der Waals surface area contributed by atoms with E-state index in [0.717, 1.165) is 6.07 Å². The lowest BCUT2D eigenvalue weighted by Crippen LogP contribution is -2.30. The number of hydrogen-bond acceptors (Lipinski definition) is 5. The number of carbonyl (C=O) groups excluding carboxylic acids is 1. The van der Waals surface area contributed by atoms with Crippen LogP contribution in [0.15, 0.2) is 12.1 Å². The Balaban J connectivity index is 3.05. The molecule has 122 valence electrons. The van der Waals surface area contributed by atoms with Gasteiger partial charge in [0.1, 0.15) is 11.7 Å². The van der Waals surface area contributed by atoms with Crippen molar-refractivity contribution in [1.29, 1.82) is 0 Å². The van der Waals surface area contributed by atoms with E-state index in [9.17, 15) is 19.3 Å². The molecule has 0 aliphatic heterocycles. The van der Waals surface area contributed by atoms with Crippen LogP contribution in [0.3, 0.4) is 0 Å². The van der Waals surface area contributed by atoms with Gasteiger partial charge in [0.05, 0.1) is 25.2 Å². The molecule has 1 rings (SSSR count). The second-order valence-corrected chi connectivity index (χ2v) is 4.58. The van der Waals surface area contributed by atoms with Gasteiger partial charge in [0.25, 0.3) is 11.6 Å². The number of halogens is 1. The van der Waals surface area contributed by atoms with Gasteiger partial charge in [-0.05, 0) is 6.42 Å². The summed E-state index contributed by atoms with van der Waals surface area (Å²) < 4.78 is 23.4. The number of nitro groups is 1. The molecule has 7 nitrogen and oxygen atoms in total. The predicted molar refractivity (Wildman–Crippen MR) is 78.3 cm³/mol. The summed E-state index contributed by atoms with van der Waals surface area (Å²) in [7, 11) is 2.68. The topological polar surface area (TPSA) is 90.7 Å². The number of alkyl halides is 1. The Hall–Kier alpha value is -2.38. The lowest BCUT2D eigenvalue weighted by atomic mass is 10.1. The van der Waals surface area contributed by atoms with Crippen LogP contribution in [0.1, 0.15) is 30.1 Å². The molecule has 0 aromatic heterocycles. The monoisotopic (exact) mass is 314 g/mol. The summed E-state index contributed by atoms with van der Waals surface area (Å²) in [6.45, 7) is 1.63. The molecule has 1 amide bonds. The van der Waals surface area contributed by atoms with Gasteiger partial charge in [-0.2, -0.15) is 0 Å². The number of methoxy groups -OCH3 is 2. The number of nitrogens with one attached hydrogen (secondary N) is 1. The quantitative estimate of drug-likeness (QED) is 0.588. The van der Waals surface area contributed by atoms with Gasteiger partial charge in [0, 0.05) is 12.6 Å². The molecule has 0 bridgehead atoms. The molecule has 1 aromatic rings. The third-order valence-electron chi connectivity index (χ3n) is 3.03. The molecule has 0 spiro atoms. The van der Waals surface area contributed by atoms with Crippen molar-refractivity contribution in [3.05, 3.63) is 27.8 Å². The summed E-state index contributed by atoms with van der Waals surface area (Å²) in [5.74, 6) is -0.407. The lowest BCUT2D eigenvalue weighted by Gasteiger charge is -2.12. The van der Waals surface area contributed by atoms with Crippen molar-refractivity contribution < 1.29 is 23.6 Å². The Morgan fingerprint density at radius 1 is 1.36 bits per heavy atom. The SMILES string of the molecule is CCC[C@H](F)CNC(=O)c1cc(OC)c(OC)cc1[N+](=O)[O-]. The van der Waals surface area contributed by atoms with Crippen LogP contribution >= 0.6 is 0 Å². The molecule has 1 N–H and O–H groups in total. The fraction of sp³-hybridized carbons (Fsp3) is 0.500. The molecule has 0 heterocycles. The third kappa shape index (κ3) is 4.31. The fourth-order valence-electron chi connectivity index (χ4n) is 1.92. The first kappa shape index (κ1) is 17.7. The molecule has 0 aliphatic rings. The number of rotatable bonds is 8. The summed E-state index contributed by atoms with van der Waals surface area (Å²) in [4.78, 5) is 22.5. The zero-order chi connectivity index (χ0) is 16.7. The smallest absolute Gasteiger partial charge is 0.286 e. The highest BCUT2D eigenvalue weighted by Crippen LogP contribution is 2.34. The van der Waals surface area contributed by atoms with E-state index in [2.05, 4.69) is 5.32 Å². The molecule has 0 fully saturated rings. The second-order valence-electron chi connectivity index (χ2n) is 4.58. The van der Waals surface area contributed by atoms with Crippen molar-refractivity contribution in [3.63, 3.8) is 0 Å². The summed E-state index contributed by atoms with van der Waals surface area (Å²) in [6.07, 6.45) is -0.227. The van der Waals surface area contributed by atoms with Gasteiger partial charge >= 0.3 is 0 Å². The first-order valence-corrected chi connectivity index (χ1v) is 6.77. The molecule has 0 saturated carbocycles. The van der Waals surface area contributed by atoms with Crippen molar-refractivity contribution in [3.8, 4) is 11.5 Å². The van der Waals surface area contributed by atoms with E-state index in [1.54, 1.807) is 0 Å². The molecular weight excluding hydrogens is 295 g/mol. The van der Waals surface area contributed by atoms with Gasteiger partial charge in [0.15, 0.2) is 11.5 Å². The molecular formula is C14H19FN2O5. The Labute approximate surface area is 127 Å². The number of amides is 1. The maximum Gasteiger partial charge on any atom is 0.286 e. The summed E-state index contributed by atoms with van der Waals surface area (Å²) in [6, 6.07) is 2.31. The minimum atomic E-state index is -1.19. The van der Waals surface area contributed by atoms with E-state index in [-0.39, 0.29) is 23.6 Å². The maximum atomic E-state index is 13.4. The summed E-state index contributed by atoms with van der Waals surface area (Å²) >= 11 is 0. The van der Waals surface area contributed by atoms with Crippen molar-refractivity contribution in [2.45, 2.75) is 25.9 Å². The minimum Gasteiger partial charge on any atom is -0.493 e. The van der Waals surface area contributed by atoms with E-state index in [1.807, 2.05) is 6.92 Å². The number of hydrogen-bond donors (Lipinski definition) is 1. The number of carbonyl (C=O) groups is 1. The Morgan fingerprint density at radius 2 is 1.95 bits per heavy atom. The van der Waals surface area contributed by atoms with Crippen LogP contribution in [-0.4, -0.2) is 37.8 Å². The Kier molecular flexibility index (Phi) is 6.55. The van der Waals surface area contributed by atoms with Crippen LogP contribution < -0.4 is 14.8 Å². The Bertz CT molecular complexity index is 550. The Morgan fingerprint density at radius 3 is 2.45 bits per heavy atom. The van der Waals surface area contributed by atoms with Gasteiger partial charge in [-0.25, -0.2) is 4.39 Å². The van der Waals surface area contributed by atoms with Crippen molar-refractivity contribution in [1.82, 2.24) is 5.32 Å². The number of benzene rings is 1. The van der Waals surface area contributed by atoms with Crippen molar-refractivity contribution in [2.24, 2.45) is 0 Å². The van der Waals surface area contributed by atoms with E-state index >= 15 is 0 Å². The number of nitrogens with zero attached hydrogens (tertiary/aromatic N) is 1. The van der Waals surface area contributed by atoms with Crippen molar-refractivity contribution in [2.75, 3.05) is 20.8 Å². The van der Waals surface area contributed by atoms with Crippen molar-refractivity contribution >= 4 is 11.6 Å². The van der Waals surface area contributed by atoms with Gasteiger partial charge in [0.2, 0.25) is 0 Å². The standard InChI is InChI=1S/C14H19FN2O5/c1-4-5-9(15)8-16-14(18)10-6-12(21-2)13(22-3)7-11(10)17(19)20/h6-7,9H,4-5,8H2,1-3H3,(H,16,18)/t9-/m0/s1. The highest BCUT2D eigenvalue weighted by Gasteiger charge is 2.24. The average Bonchev–Trinajstić information content (AvgIpc) is 2.51. The fourth-order valence-corrected chi connectivity index (χ4v) is 1.92. The molecule has 0 unspecified atom stereocenters. The molecule has 8 heteroatoms. The molecule has 0 radical (unpaired) electrons. The number of ether oxygens (including phenoxy) is 2. The van der Waals surface area contributed by atoms with Gasteiger partial charge in [-0.1, -0.05) is 13.3 Å². The third-order valence-corrected chi connectivity index (χ3v) is 3.03. The van der Waals surface area contributed by atoms with E-state index in [4.69, 9.17) is 9.47 Å². The van der Waals surface area contributed by atoms with Crippen LogP contribution in [0, 0.1) is 10.1 Å². The molecule has 22 heavy (non-hydrogen) atoms. The molecule has 0 aliphatic carbocycles. The molecule has 0 saturated heterocycles. The molecule has 1 atom stereocenters. The highest BCUT2D eigenvalue weighted by molar-refractivity contribution is 5.99. The molecule has 1 aromatic carbocycles. The van der Waals surface area contributed by atoms with Crippen LogP contribution in [-0.2, 0) is 0 Å². The largest absolute Gasteiger partial charge is 0.493 e. The highest BCUT2D eigenvalue weighted by atomic mass is 19.1. The second kappa shape index (κ2) is 8.16. The minimum absolute atomic E-state index is 0.139. The van der Waals surface area contributed by atoms with E-state index in [0.29, 0.717) is 12.8 Å². The zero-order valence-electron chi connectivity index (χ0n) is 12.7. The average molecular weight is 314 g/mol. The van der Waals surface area contributed by atoms with Crippen LogP contribution in [0.2, 0.25) is 0 Å². The zero-order valence-corrected chi connectivity index (χ0v) is 12.7. The van der Waals surface area contributed by atoms with Crippen LogP contribution in [0.25, 0.3) is 0 Å². The number of nitro benzene ring substituents is 1. The first-order valence-electron chi connectivity index (χ1n) is 6.77.